The lowest BCUT2D eigenvalue weighted by Crippen LogP contribution is -2.40. The number of aromatic carboxylic acids is 1. The third-order valence-electron chi connectivity index (χ3n) is 3.60. The Kier molecular flexibility index (Phi) is 4.68. The maximum absolute atomic E-state index is 12.0. The molecule has 20 heavy (non-hydrogen) atoms. The van der Waals surface area contributed by atoms with E-state index < -0.39 is 5.97 Å². The topological polar surface area (TPSA) is 82.5 Å². The zero-order valence-electron chi connectivity index (χ0n) is 11.5. The van der Waals surface area contributed by atoms with Crippen molar-refractivity contribution in [2.45, 2.75) is 25.8 Å². The zero-order valence-corrected chi connectivity index (χ0v) is 11.5. The number of hydrogen-bond donors (Lipinski definition) is 2. The third-order valence-corrected chi connectivity index (χ3v) is 3.60. The highest BCUT2D eigenvalue weighted by atomic mass is 16.4. The van der Waals surface area contributed by atoms with Crippen LogP contribution in [0.5, 0.6) is 0 Å². The molecule has 0 saturated carbocycles. The number of carboxylic acid groups (broad SMARTS) is 1. The molecule has 1 saturated heterocycles. The van der Waals surface area contributed by atoms with Crippen LogP contribution in [0.4, 0.5) is 0 Å². The molecule has 1 unspecified atom stereocenters. The number of likely N-dealkylation sites (N-methyl/N-ethyl adjacent to an activating group) is 1. The van der Waals surface area contributed by atoms with Crippen LogP contribution in [0.3, 0.4) is 0 Å². The van der Waals surface area contributed by atoms with E-state index in [0.717, 1.165) is 25.9 Å². The van der Waals surface area contributed by atoms with Crippen molar-refractivity contribution in [3.05, 3.63) is 29.6 Å². The van der Waals surface area contributed by atoms with E-state index in [1.54, 1.807) is 0 Å². The number of pyridine rings is 1. The average Bonchev–Trinajstić information content (AvgIpc) is 2.92. The molecule has 1 aromatic heterocycles. The average molecular weight is 277 g/mol. The summed E-state index contributed by atoms with van der Waals surface area (Å²) in [6.07, 6.45) is 2.23. The Balaban J connectivity index is 1.95. The number of amides is 1. The van der Waals surface area contributed by atoms with E-state index >= 15 is 0 Å². The normalized spacial score (nSPS) is 18.9. The van der Waals surface area contributed by atoms with E-state index in [2.05, 4.69) is 22.1 Å². The number of carbonyl (C=O) groups excluding carboxylic acids is 1. The van der Waals surface area contributed by atoms with Gasteiger partial charge in [-0.15, -0.1) is 0 Å². The van der Waals surface area contributed by atoms with Crippen molar-refractivity contribution < 1.29 is 14.7 Å². The molecule has 2 heterocycles. The molecule has 0 radical (unpaired) electrons. The van der Waals surface area contributed by atoms with Gasteiger partial charge < -0.3 is 10.4 Å². The second-order valence-electron chi connectivity index (χ2n) is 4.85. The summed E-state index contributed by atoms with van der Waals surface area (Å²) in [5, 5.41) is 11.7. The molecule has 1 aliphatic rings. The van der Waals surface area contributed by atoms with Crippen molar-refractivity contribution in [1.82, 2.24) is 15.2 Å². The van der Waals surface area contributed by atoms with Gasteiger partial charge in [-0.3, -0.25) is 9.69 Å². The van der Waals surface area contributed by atoms with Crippen molar-refractivity contribution in [1.29, 1.82) is 0 Å². The lowest BCUT2D eigenvalue weighted by atomic mass is 10.2. The molecule has 2 N–H and O–H groups in total. The molecule has 1 fully saturated rings. The van der Waals surface area contributed by atoms with Crippen molar-refractivity contribution in [2.24, 2.45) is 0 Å². The van der Waals surface area contributed by atoms with Gasteiger partial charge in [0.05, 0.1) is 0 Å². The molecule has 0 aliphatic carbocycles. The number of carbonyl (C=O) groups is 2. The SMILES string of the molecule is CCN1CCCC1CNC(=O)c1cccc(C(=O)O)n1. The summed E-state index contributed by atoms with van der Waals surface area (Å²) >= 11 is 0. The monoisotopic (exact) mass is 277 g/mol. The predicted octanol–water partition coefficient (Wildman–Crippen LogP) is 0.994. The quantitative estimate of drug-likeness (QED) is 0.839. The molecule has 1 aliphatic heterocycles. The fraction of sp³-hybridized carbons (Fsp3) is 0.500. The van der Waals surface area contributed by atoms with Gasteiger partial charge >= 0.3 is 5.97 Å². The predicted molar refractivity (Wildman–Crippen MR) is 73.8 cm³/mol. The summed E-state index contributed by atoms with van der Waals surface area (Å²) in [6, 6.07) is 4.79. The van der Waals surface area contributed by atoms with Gasteiger partial charge in [0.2, 0.25) is 0 Å². The Morgan fingerprint density at radius 1 is 1.45 bits per heavy atom. The number of likely N-dealkylation sites (tertiary alicyclic amines) is 1. The third kappa shape index (κ3) is 3.33. The van der Waals surface area contributed by atoms with Crippen LogP contribution in [0.1, 0.15) is 40.7 Å². The minimum absolute atomic E-state index is 0.117. The first-order valence-electron chi connectivity index (χ1n) is 6.84. The van der Waals surface area contributed by atoms with Crippen LogP contribution < -0.4 is 5.32 Å². The highest BCUT2D eigenvalue weighted by Crippen LogP contribution is 2.15. The number of nitrogens with zero attached hydrogens (tertiary/aromatic N) is 2. The fourth-order valence-corrected chi connectivity index (χ4v) is 2.52. The van der Waals surface area contributed by atoms with Gasteiger partial charge in [-0.2, -0.15) is 0 Å². The van der Waals surface area contributed by atoms with Gasteiger partial charge in [0.15, 0.2) is 0 Å². The number of rotatable bonds is 5. The maximum Gasteiger partial charge on any atom is 0.354 e. The van der Waals surface area contributed by atoms with Crippen molar-refractivity contribution in [3.63, 3.8) is 0 Å². The van der Waals surface area contributed by atoms with E-state index in [4.69, 9.17) is 5.11 Å². The van der Waals surface area contributed by atoms with Gasteiger partial charge in [0, 0.05) is 12.6 Å². The number of aromatic nitrogens is 1. The highest BCUT2D eigenvalue weighted by molar-refractivity contribution is 5.94. The second-order valence-corrected chi connectivity index (χ2v) is 4.85. The minimum Gasteiger partial charge on any atom is -0.477 e. The lowest BCUT2D eigenvalue weighted by Gasteiger charge is -2.22. The summed E-state index contributed by atoms with van der Waals surface area (Å²) in [4.78, 5) is 29.0. The minimum atomic E-state index is -1.13. The molecule has 0 spiro atoms. The molecule has 0 bridgehead atoms. The fourth-order valence-electron chi connectivity index (χ4n) is 2.52. The summed E-state index contributed by atoms with van der Waals surface area (Å²) in [5.41, 5.74) is 0.0275. The van der Waals surface area contributed by atoms with Crippen LogP contribution in [-0.4, -0.2) is 52.5 Å². The highest BCUT2D eigenvalue weighted by Gasteiger charge is 2.23. The molecule has 0 aromatic carbocycles. The molecule has 6 heteroatoms. The van der Waals surface area contributed by atoms with Gasteiger partial charge in [-0.25, -0.2) is 9.78 Å². The lowest BCUT2D eigenvalue weighted by molar-refractivity contribution is 0.0690. The molecule has 1 amide bonds. The van der Waals surface area contributed by atoms with Crippen LogP contribution in [0.15, 0.2) is 18.2 Å². The maximum atomic E-state index is 12.0. The Labute approximate surface area is 117 Å². The largest absolute Gasteiger partial charge is 0.477 e. The molecule has 1 atom stereocenters. The summed E-state index contributed by atoms with van der Waals surface area (Å²) in [6.45, 7) is 4.74. The first kappa shape index (κ1) is 14.5. The molecule has 6 nitrogen and oxygen atoms in total. The smallest absolute Gasteiger partial charge is 0.354 e. The van der Waals surface area contributed by atoms with Crippen molar-refractivity contribution >= 4 is 11.9 Å². The van der Waals surface area contributed by atoms with Crippen LogP contribution in [0.2, 0.25) is 0 Å². The molecule has 108 valence electrons. The van der Waals surface area contributed by atoms with Crippen LogP contribution in [0, 0.1) is 0 Å². The van der Waals surface area contributed by atoms with E-state index in [-0.39, 0.29) is 17.3 Å². The van der Waals surface area contributed by atoms with E-state index in [1.807, 2.05) is 0 Å². The first-order chi connectivity index (χ1) is 9.61. The Morgan fingerprint density at radius 3 is 2.90 bits per heavy atom. The van der Waals surface area contributed by atoms with Crippen LogP contribution in [-0.2, 0) is 0 Å². The zero-order chi connectivity index (χ0) is 14.5. The Bertz CT molecular complexity index is 504. The molecule has 1 aromatic rings. The number of hydrogen-bond acceptors (Lipinski definition) is 4. The van der Waals surface area contributed by atoms with Crippen LogP contribution in [0.25, 0.3) is 0 Å². The van der Waals surface area contributed by atoms with Gasteiger partial charge in [-0.05, 0) is 38.1 Å². The molecular weight excluding hydrogens is 258 g/mol. The van der Waals surface area contributed by atoms with E-state index in [0.29, 0.717) is 12.6 Å². The summed E-state index contributed by atoms with van der Waals surface area (Å²) < 4.78 is 0. The van der Waals surface area contributed by atoms with Gasteiger partial charge in [0.1, 0.15) is 11.4 Å². The van der Waals surface area contributed by atoms with Crippen LogP contribution >= 0.6 is 0 Å². The second kappa shape index (κ2) is 6.47. The van der Waals surface area contributed by atoms with Crippen molar-refractivity contribution in [2.75, 3.05) is 19.6 Å². The molecule has 2 rings (SSSR count). The van der Waals surface area contributed by atoms with Gasteiger partial charge in [-0.1, -0.05) is 13.0 Å². The number of carboxylic acids is 1. The summed E-state index contributed by atoms with van der Waals surface area (Å²) in [7, 11) is 0. The summed E-state index contributed by atoms with van der Waals surface area (Å²) in [5.74, 6) is -1.45. The standard InChI is InChI=1S/C14H19N3O3/c1-2-17-8-4-5-10(17)9-15-13(18)11-6-3-7-12(16-11)14(19)20/h3,6-7,10H,2,4-5,8-9H2,1H3,(H,15,18)(H,19,20). The van der Waals surface area contributed by atoms with E-state index in [9.17, 15) is 9.59 Å². The van der Waals surface area contributed by atoms with Gasteiger partial charge in [0.25, 0.3) is 5.91 Å². The van der Waals surface area contributed by atoms with Crippen molar-refractivity contribution in [3.8, 4) is 0 Å². The van der Waals surface area contributed by atoms with E-state index in [1.165, 1.54) is 18.2 Å². The Morgan fingerprint density at radius 2 is 2.20 bits per heavy atom. The first-order valence-corrected chi connectivity index (χ1v) is 6.84. The molecular formula is C14H19N3O3. The Hall–Kier alpha value is -1.95. The number of nitrogens with one attached hydrogen (secondary N) is 1.